The first kappa shape index (κ1) is 27.7. The van der Waals surface area contributed by atoms with Crippen LogP contribution in [0, 0.1) is 11.3 Å². The Morgan fingerprint density at radius 1 is 1.10 bits per heavy atom. The summed E-state index contributed by atoms with van der Waals surface area (Å²) in [6.45, 7) is 2.71. The summed E-state index contributed by atoms with van der Waals surface area (Å²) in [5.74, 6) is -4.21. The summed E-state index contributed by atoms with van der Waals surface area (Å²) >= 11 is 0. The van der Waals surface area contributed by atoms with Crippen molar-refractivity contribution in [2.24, 2.45) is 0 Å². The van der Waals surface area contributed by atoms with Gasteiger partial charge < -0.3 is 15.1 Å². The molecule has 0 unspecified atom stereocenters. The minimum atomic E-state index is -3.20. The van der Waals surface area contributed by atoms with Gasteiger partial charge in [-0.3, -0.25) is 14.3 Å². The molecule has 8 nitrogen and oxygen atoms in total. The standard InChI is InChI=1S/C31H28F2N6O2/c1-20-18-38-28(27(17-35-38)29(40)36-25-12-9-21(19-37(2)3)22(15-25)16-34)30(41)39(20)26-13-10-24(11-14-26)31(32,33)23-7-5-4-6-8-23/h4-15,17,20H,18-19H2,1-3H3,(H,36,40)/t20-/m0/s1. The van der Waals surface area contributed by atoms with Crippen molar-refractivity contribution in [3.8, 4) is 6.07 Å². The first-order valence-electron chi connectivity index (χ1n) is 13.0. The Kier molecular flexibility index (Phi) is 7.39. The van der Waals surface area contributed by atoms with Gasteiger partial charge in [0.15, 0.2) is 0 Å². The number of hydrogen-bond acceptors (Lipinski definition) is 5. The third-order valence-corrected chi connectivity index (χ3v) is 7.00. The molecule has 2 heterocycles. The minimum absolute atomic E-state index is 0.0787. The number of hydrogen-bond donors (Lipinski definition) is 1. The van der Waals surface area contributed by atoms with Gasteiger partial charge in [0.25, 0.3) is 17.7 Å². The molecular formula is C31H28F2N6O2. The molecule has 0 fully saturated rings. The molecule has 2 amide bonds. The Hall–Kier alpha value is -4.88. The van der Waals surface area contributed by atoms with Crippen molar-refractivity contribution in [2.75, 3.05) is 24.3 Å². The number of nitriles is 1. The van der Waals surface area contributed by atoms with Gasteiger partial charge in [0.05, 0.1) is 36.0 Å². The molecule has 3 aromatic carbocycles. The number of aromatic nitrogens is 2. The van der Waals surface area contributed by atoms with Gasteiger partial charge in [-0.2, -0.15) is 19.1 Å². The highest BCUT2D eigenvalue weighted by Gasteiger charge is 2.37. The Morgan fingerprint density at radius 3 is 2.44 bits per heavy atom. The summed E-state index contributed by atoms with van der Waals surface area (Å²) in [6.07, 6.45) is 1.34. The second kappa shape index (κ2) is 10.9. The van der Waals surface area contributed by atoms with Crippen LogP contribution in [0.5, 0.6) is 0 Å². The molecule has 1 atom stereocenters. The number of nitrogens with one attached hydrogen (secondary N) is 1. The minimum Gasteiger partial charge on any atom is -0.322 e. The molecule has 5 rings (SSSR count). The van der Waals surface area contributed by atoms with Gasteiger partial charge in [-0.25, -0.2) is 0 Å². The van der Waals surface area contributed by atoms with E-state index in [9.17, 15) is 14.9 Å². The Bertz CT molecular complexity index is 1640. The smallest absolute Gasteiger partial charge is 0.298 e. The highest BCUT2D eigenvalue weighted by atomic mass is 19.3. The first-order valence-corrected chi connectivity index (χ1v) is 13.0. The van der Waals surface area contributed by atoms with Crippen molar-refractivity contribution in [2.45, 2.75) is 32.0 Å². The van der Waals surface area contributed by atoms with Crippen LogP contribution in [0.4, 0.5) is 20.2 Å². The third kappa shape index (κ3) is 5.32. The lowest BCUT2D eigenvalue weighted by Crippen LogP contribution is -2.47. The van der Waals surface area contributed by atoms with E-state index in [2.05, 4.69) is 16.5 Å². The number of benzene rings is 3. The predicted molar refractivity (Wildman–Crippen MR) is 151 cm³/mol. The van der Waals surface area contributed by atoms with Crippen molar-refractivity contribution in [3.05, 3.63) is 113 Å². The molecule has 1 aliphatic rings. The second-order valence-corrected chi connectivity index (χ2v) is 10.3. The fourth-order valence-electron chi connectivity index (χ4n) is 5.01. The number of anilines is 2. The Balaban J connectivity index is 1.39. The number of carbonyl (C=O) groups is 2. The maximum Gasteiger partial charge on any atom is 0.298 e. The molecule has 10 heteroatoms. The van der Waals surface area contributed by atoms with Gasteiger partial charge in [-0.15, -0.1) is 0 Å². The molecule has 0 aliphatic carbocycles. The van der Waals surface area contributed by atoms with Crippen LogP contribution >= 0.6 is 0 Å². The van der Waals surface area contributed by atoms with Crippen molar-refractivity contribution in [3.63, 3.8) is 0 Å². The van der Waals surface area contributed by atoms with E-state index in [1.165, 1.54) is 52.2 Å². The predicted octanol–water partition coefficient (Wildman–Crippen LogP) is 5.26. The fourth-order valence-corrected chi connectivity index (χ4v) is 5.01. The molecule has 0 bridgehead atoms. The lowest BCUT2D eigenvalue weighted by Gasteiger charge is -2.34. The summed E-state index contributed by atoms with van der Waals surface area (Å²) in [5, 5.41) is 16.6. The van der Waals surface area contributed by atoms with Crippen LogP contribution in [0.25, 0.3) is 0 Å². The molecule has 41 heavy (non-hydrogen) atoms. The molecule has 0 spiro atoms. The Labute approximate surface area is 236 Å². The molecule has 1 aromatic heterocycles. The molecular weight excluding hydrogens is 526 g/mol. The van der Waals surface area contributed by atoms with Gasteiger partial charge in [0.2, 0.25) is 0 Å². The van der Waals surface area contributed by atoms with Crippen molar-refractivity contribution in [1.82, 2.24) is 14.7 Å². The van der Waals surface area contributed by atoms with Gasteiger partial charge in [-0.1, -0.05) is 48.5 Å². The quantitative estimate of drug-likeness (QED) is 0.337. The van der Waals surface area contributed by atoms with Gasteiger partial charge in [0, 0.05) is 29.0 Å². The largest absolute Gasteiger partial charge is 0.322 e. The van der Waals surface area contributed by atoms with E-state index < -0.39 is 17.7 Å². The van der Waals surface area contributed by atoms with Gasteiger partial charge in [-0.05, 0) is 50.8 Å². The molecule has 0 radical (unpaired) electrons. The Morgan fingerprint density at radius 2 is 1.78 bits per heavy atom. The monoisotopic (exact) mass is 554 g/mol. The van der Waals surface area contributed by atoms with Crippen molar-refractivity contribution >= 4 is 23.2 Å². The number of carbonyl (C=O) groups excluding carboxylic acids is 2. The molecule has 1 aliphatic heterocycles. The van der Waals surface area contributed by atoms with Crippen LogP contribution in [0.3, 0.4) is 0 Å². The SMILES string of the molecule is C[C@H]1Cn2ncc(C(=O)Nc3ccc(CN(C)C)c(C#N)c3)c2C(=O)N1c1ccc(C(F)(F)c2ccccc2)cc1. The third-order valence-electron chi connectivity index (χ3n) is 7.00. The molecule has 1 N–H and O–H groups in total. The highest BCUT2D eigenvalue weighted by Crippen LogP contribution is 2.37. The summed E-state index contributed by atoms with van der Waals surface area (Å²) < 4.78 is 31.6. The highest BCUT2D eigenvalue weighted by molar-refractivity contribution is 6.15. The fraction of sp³-hybridized carbons (Fsp3) is 0.226. The zero-order chi connectivity index (χ0) is 29.3. The van der Waals surface area contributed by atoms with E-state index >= 15 is 8.78 Å². The number of amides is 2. The zero-order valence-electron chi connectivity index (χ0n) is 22.8. The van der Waals surface area contributed by atoms with Crippen molar-refractivity contribution in [1.29, 1.82) is 5.26 Å². The van der Waals surface area contributed by atoms with Crippen LogP contribution in [-0.4, -0.2) is 46.6 Å². The molecule has 208 valence electrons. The number of nitrogens with zero attached hydrogens (tertiary/aromatic N) is 5. The summed E-state index contributed by atoms with van der Waals surface area (Å²) in [5.41, 5.74) is 1.98. The maximum atomic E-state index is 15.1. The molecule has 0 saturated heterocycles. The topological polar surface area (TPSA) is 94.3 Å². The maximum absolute atomic E-state index is 15.1. The first-order chi connectivity index (χ1) is 19.6. The van der Waals surface area contributed by atoms with E-state index in [0.29, 0.717) is 30.0 Å². The zero-order valence-corrected chi connectivity index (χ0v) is 22.8. The van der Waals surface area contributed by atoms with E-state index in [-0.39, 0.29) is 28.4 Å². The van der Waals surface area contributed by atoms with E-state index in [4.69, 9.17) is 0 Å². The van der Waals surface area contributed by atoms with Crippen LogP contribution in [0.2, 0.25) is 0 Å². The lowest BCUT2D eigenvalue weighted by atomic mass is 9.99. The normalized spacial score (nSPS) is 15.0. The van der Waals surface area contributed by atoms with Crippen LogP contribution in [0.15, 0.2) is 79.0 Å². The van der Waals surface area contributed by atoms with Gasteiger partial charge >= 0.3 is 0 Å². The number of fused-ring (bicyclic) bond motifs is 1. The van der Waals surface area contributed by atoms with E-state index in [1.807, 2.05) is 25.9 Å². The van der Waals surface area contributed by atoms with Gasteiger partial charge in [0.1, 0.15) is 5.69 Å². The summed E-state index contributed by atoms with van der Waals surface area (Å²) in [6, 6.07) is 20.0. The number of rotatable bonds is 7. The van der Waals surface area contributed by atoms with Crippen molar-refractivity contribution < 1.29 is 18.4 Å². The lowest BCUT2D eigenvalue weighted by molar-refractivity contribution is 0.0428. The van der Waals surface area contributed by atoms with E-state index in [1.54, 1.807) is 36.4 Å². The molecule has 0 saturated carbocycles. The number of halogens is 2. The molecule has 4 aromatic rings. The average molecular weight is 555 g/mol. The summed E-state index contributed by atoms with van der Waals surface area (Å²) in [7, 11) is 3.80. The van der Waals surface area contributed by atoms with Crippen LogP contribution in [-0.2, 0) is 19.0 Å². The van der Waals surface area contributed by atoms with Crippen LogP contribution < -0.4 is 10.2 Å². The average Bonchev–Trinajstić information content (AvgIpc) is 3.38. The summed E-state index contributed by atoms with van der Waals surface area (Å²) in [4.78, 5) is 30.4. The number of alkyl halides is 2. The second-order valence-electron chi connectivity index (χ2n) is 10.3. The van der Waals surface area contributed by atoms with Crippen LogP contribution in [0.1, 0.15) is 50.0 Å². The van der Waals surface area contributed by atoms with E-state index in [0.717, 1.165) is 5.56 Å².